The van der Waals surface area contributed by atoms with E-state index in [2.05, 4.69) is 4.98 Å². The summed E-state index contributed by atoms with van der Waals surface area (Å²) in [5.41, 5.74) is 0.938. The van der Waals surface area contributed by atoms with Gasteiger partial charge in [0.15, 0.2) is 0 Å². The second-order valence-electron chi connectivity index (χ2n) is 4.61. The molecule has 0 aliphatic rings. The molecule has 6 heteroatoms. The monoisotopic (exact) mass is 295 g/mol. The number of nitrogens with zero attached hydrogens (tertiary/aromatic N) is 3. The molecular weight excluding hydrogens is 282 g/mol. The van der Waals surface area contributed by atoms with Crippen LogP contribution in [0.2, 0.25) is 0 Å². The van der Waals surface area contributed by atoms with E-state index in [1.807, 2.05) is 30.3 Å². The van der Waals surface area contributed by atoms with Crippen LogP contribution in [-0.4, -0.2) is 14.5 Å². The van der Waals surface area contributed by atoms with Crippen LogP contribution in [-0.2, 0) is 6.61 Å². The van der Waals surface area contributed by atoms with Gasteiger partial charge < -0.3 is 9.30 Å². The molecule has 3 aromatic rings. The number of ether oxygens (including phenoxy) is 1. The molecule has 0 aliphatic carbocycles. The molecule has 0 aliphatic heterocycles. The summed E-state index contributed by atoms with van der Waals surface area (Å²) in [6.07, 6.45) is 3.41. The molecule has 0 bridgehead atoms. The number of hydrogen-bond donors (Lipinski definition) is 0. The van der Waals surface area contributed by atoms with Crippen molar-refractivity contribution < 1.29 is 9.66 Å². The quantitative estimate of drug-likeness (QED) is 0.534. The second kappa shape index (κ2) is 6.09. The topological polar surface area (TPSA) is 70.2 Å². The van der Waals surface area contributed by atoms with Crippen molar-refractivity contribution in [3.8, 4) is 11.7 Å². The minimum atomic E-state index is -0.455. The van der Waals surface area contributed by atoms with Gasteiger partial charge in [-0.2, -0.15) is 4.98 Å². The maximum Gasteiger partial charge on any atom is 0.312 e. The number of benzene rings is 1. The summed E-state index contributed by atoms with van der Waals surface area (Å²) in [5, 5.41) is 11.1. The maximum atomic E-state index is 11.1. The minimum absolute atomic E-state index is 0.0664. The van der Waals surface area contributed by atoms with Gasteiger partial charge in [0.1, 0.15) is 6.61 Å². The van der Waals surface area contributed by atoms with E-state index in [-0.39, 0.29) is 11.5 Å². The lowest BCUT2D eigenvalue weighted by atomic mass is 10.2. The fraction of sp³-hybridized carbons (Fsp3) is 0.0625. The zero-order valence-electron chi connectivity index (χ0n) is 11.6. The normalized spacial score (nSPS) is 10.4. The fourth-order valence-electron chi connectivity index (χ4n) is 2.04. The Morgan fingerprint density at radius 1 is 1.05 bits per heavy atom. The first-order valence-corrected chi connectivity index (χ1v) is 6.69. The molecule has 0 amide bonds. The van der Waals surface area contributed by atoms with Crippen molar-refractivity contribution in [2.45, 2.75) is 6.61 Å². The smallest absolute Gasteiger partial charge is 0.312 e. The van der Waals surface area contributed by atoms with Crippen LogP contribution in [0.1, 0.15) is 5.56 Å². The second-order valence-corrected chi connectivity index (χ2v) is 4.61. The summed E-state index contributed by atoms with van der Waals surface area (Å²) in [7, 11) is 0. The van der Waals surface area contributed by atoms with Crippen LogP contribution in [0.25, 0.3) is 5.82 Å². The van der Waals surface area contributed by atoms with Gasteiger partial charge in [-0.25, -0.2) is 0 Å². The largest absolute Gasteiger partial charge is 0.473 e. The van der Waals surface area contributed by atoms with Gasteiger partial charge >= 0.3 is 5.69 Å². The van der Waals surface area contributed by atoms with E-state index in [9.17, 15) is 10.1 Å². The highest BCUT2D eigenvalue weighted by atomic mass is 16.6. The predicted molar refractivity (Wildman–Crippen MR) is 81.0 cm³/mol. The molecular formula is C16H13N3O3. The first-order chi connectivity index (χ1) is 10.7. The number of pyridine rings is 1. The lowest BCUT2D eigenvalue weighted by molar-refractivity contribution is -0.384. The third-order valence-corrected chi connectivity index (χ3v) is 3.10. The van der Waals surface area contributed by atoms with Crippen molar-refractivity contribution in [3.05, 3.63) is 82.7 Å². The van der Waals surface area contributed by atoms with E-state index in [1.54, 1.807) is 29.1 Å². The van der Waals surface area contributed by atoms with Crippen molar-refractivity contribution in [2.24, 2.45) is 0 Å². The van der Waals surface area contributed by atoms with Crippen LogP contribution >= 0.6 is 0 Å². The lowest BCUT2D eigenvalue weighted by Crippen LogP contribution is -2.04. The Labute approximate surface area is 126 Å². The van der Waals surface area contributed by atoms with E-state index in [1.165, 1.54) is 12.1 Å². The molecule has 0 atom stereocenters. The Balaban J connectivity index is 1.87. The molecule has 0 spiro atoms. The number of aromatic nitrogens is 2. The van der Waals surface area contributed by atoms with Crippen LogP contribution < -0.4 is 4.74 Å². The van der Waals surface area contributed by atoms with Crippen LogP contribution in [0.3, 0.4) is 0 Å². The Hall–Kier alpha value is -3.15. The number of hydrogen-bond acceptors (Lipinski definition) is 4. The summed E-state index contributed by atoms with van der Waals surface area (Å²) in [5.74, 6) is 0.582. The molecule has 0 saturated heterocycles. The highest BCUT2D eigenvalue weighted by Crippen LogP contribution is 2.24. The summed E-state index contributed by atoms with van der Waals surface area (Å²) < 4.78 is 7.21. The van der Waals surface area contributed by atoms with E-state index in [0.717, 1.165) is 5.56 Å². The molecule has 0 saturated carbocycles. The molecule has 110 valence electrons. The first kappa shape index (κ1) is 13.8. The zero-order valence-corrected chi connectivity index (χ0v) is 11.6. The van der Waals surface area contributed by atoms with Gasteiger partial charge in [0.05, 0.1) is 4.92 Å². The van der Waals surface area contributed by atoms with Gasteiger partial charge in [-0.15, -0.1) is 0 Å². The van der Waals surface area contributed by atoms with Gasteiger partial charge in [-0.3, -0.25) is 10.1 Å². The average Bonchev–Trinajstić information content (AvgIpc) is 3.08. The Morgan fingerprint density at radius 3 is 2.45 bits per heavy atom. The van der Waals surface area contributed by atoms with Gasteiger partial charge in [0.25, 0.3) is 0 Å². The zero-order chi connectivity index (χ0) is 15.4. The van der Waals surface area contributed by atoms with Crippen molar-refractivity contribution >= 4 is 5.69 Å². The molecule has 0 unspecified atom stereocenters. The average molecular weight is 295 g/mol. The Morgan fingerprint density at radius 2 is 1.77 bits per heavy atom. The van der Waals surface area contributed by atoms with Gasteiger partial charge in [-0.05, 0) is 17.7 Å². The van der Waals surface area contributed by atoms with Gasteiger partial charge in [0.2, 0.25) is 11.7 Å². The third kappa shape index (κ3) is 2.95. The van der Waals surface area contributed by atoms with E-state index < -0.39 is 4.92 Å². The molecule has 1 aromatic carbocycles. The van der Waals surface area contributed by atoms with Crippen molar-refractivity contribution in [3.63, 3.8) is 0 Å². The highest BCUT2D eigenvalue weighted by Gasteiger charge is 2.17. The molecule has 3 rings (SSSR count). The van der Waals surface area contributed by atoms with Crippen LogP contribution in [0.15, 0.2) is 67.0 Å². The Bertz CT molecular complexity index is 771. The summed E-state index contributed by atoms with van der Waals surface area (Å²) in [6, 6.07) is 16.1. The van der Waals surface area contributed by atoms with Crippen molar-refractivity contribution in [1.82, 2.24) is 9.55 Å². The molecule has 0 N–H and O–H groups in total. The number of rotatable bonds is 5. The molecule has 22 heavy (non-hydrogen) atoms. The van der Waals surface area contributed by atoms with E-state index in [4.69, 9.17) is 4.74 Å². The number of nitro groups is 1. The molecule has 0 radical (unpaired) electrons. The first-order valence-electron chi connectivity index (χ1n) is 6.69. The summed E-state index contributed by atoms with van der Waals surface area (Å²) in [6.45, 7) is 0.358. The van der Waals surface area contributed by atoms with Crippen LogP contribution in [0.4, 0.5) is 5.69 Å². The van der Waals surface area contributed by atoms with Crippen molar-refractivity contribution in [2.75, 3.05) is 0 Å². The van der Waals surface area contributed by atoms with Crippen LogP contribution in [0, 0.1) is 10.1 Å². The minimum Gasteiger partial charge on any atom is -0.473 e. The summed E-state index contributed by atoms with van der Waals surface area (Å²) >= 11 is 0. The summed E-state index contributed by atoms with van der Waals surface area (Å²) in [4.78, 5) is 14.9. The Kier molecular flexibility index (Phi) is 3.82. The highest BCUT2D eigenvalue weighted by molar-refractivity contribution is 5.49. The molecule has 0 fully saturated rings. The maximum absolute atomic E-state index is 11.1. The van der Waals surface area contributed by atoms with Gasteiger partial charge in [0, 0.05) is 24.5 Å². The lowest BCUT2D eigenvalue weighted by Gasteiger charge is -2.08. The molecule has 6 nitrogen and oxygen atoms in total. The fourth-order valence-corrected chi connectivity index (χ4v) is 2.04. The van der Waals surface area contributed by atoms with Crippen LogP contribution in [0.5, 0.6) is 5.88 Å². The van der Waals surface area contributed by atoms with Gasteiger partial charge in [-0.1, -0.05) is 30.3 Å². The molecule has 2 aromatic heterocycles. The SMILES string of the molecule is O=[N+]([O-])c1ccc(OCc2ccccc2)nc1-n1cccc1. The predicted octanol–water partition coefficient (Wildman–Crippen LogP) is 3.36. The van der Waals surface area contributed by atoms with Crippen molar-refractivity contribution in [1.29, 1.82) is 0 Å². The molecule has 2 heterocycles. The third-order valence-electron chi connectivity index (χ3n) is 3.10. The standard InChI is InChI=1S/C16H13N3O3/c20-19(21)14-8-9-15(17-16(14)18-10-4-5-11-18)22-12-13-6-2-1-3-7-13/h1-11H,12H2. The van der Waals surface area contributed by atoms with E-state index >= 15 is 0 Å². The van der Waals surface area contributed by atoms with E-state index in [0.29, 0.717) is 12.5 Å².